The molecule has 1 amide bonds. The first-order valence-electron chi connectivity index (χ1n) is 7.05. The summed E-state index contributed by atoms with van der Waals surface area (Å²) in [6.45, 7) is 4.90. The van der Waals surface area contributed by atoms with Crippen molar-refractivity contribution in [3.63, 3.8) is 0 Å². The summed E-state index contributed by atoms with van der Waals surface area (Å²) in [7, 11) is 0. The first-order chi connectivity index (χ1) is 9.20. The van der Waals surface area contributed by atoms with Gasteiger partial charge >= 0.3 is 0 Å². The molecule has 0 spiro atoms. The third-order valence-corrected chi connectivity index (χ3v) is 3.59. The molecule has 0 aromatic heterocycles. The van der Waals surface area contributed by atoms with Gasteiger partial charge in [-0.2, -0.15) is 0 Å². The molecule has 1 aromatic carbocycles. The number of hydrogen-bond acceptors (Lipinski definition) is 3. The van der Waals surface area contributed by atoms with Crippen LogP contribution in [0.3, 0.4) is 0 Å². The Hall–Kier alpha value is -1.55. The normalized spacial score (nSPS) is 18.5. The molecule has 0 bridgehead atoms. The minimum Gasteiger partial charge on any atom is -0.399 e. The van der Waals surface area contributed by atoms with Crippen molar-refractivity contribution < 1.29 is 4.79 Å². The summed E-state index contributed by atoms with van der Waals surface area (Å²) < 4.78 is 0. The molecular formula is C15H23N3O. The molecule has 3 N–H and O–H groups in total. The third-order valence-electron chi connectivity index (χ3n) is 3.59. The highest BCUT2D eigenvalue weighted by atomic mass is 16.2. The van der Waals surface area contributed by atoms with Crippen LogP contribution in [0.15, 0.2) is 24.3 Å². The second-order valence-corrected chi connectivity index (χ2v) is 5.15. The summed E-state index contributed by atoms with van der Waals surface area (Å²) in [5.74, 6) is 0.223. The number of nitrogen functional groups attached to an aromatic ring is 1. The van der Waals surface area contributed by atoms with Crippen molar-refractivity contribution >= 4 is 11.6 Å². The fraction of sp³-hybridized carbons (Fsp3) is 0.533. The van der Waals surface area contributed by atoms with E-state index in [2.05, 4.69) is 12.2 Å². The summed E-state index contributed by atoms with van der Waals surface area (Å²) in [5.41, 5.74) is 7.43. The number of anilines is 1. The molecule has 0 aliphatic carbocycles. The molecule has 1 aliphatic rings. The van der Waals surface area contributed by atoms with Crippen molar-refractivity contribution in [3.8, 4) is 0 Å². The highest BCUT2D eigenvalue weighted by Gasteiger charge is 2.25. The minimum atomic E-state index is 0.223. The van der Waals surface area contributed by atoms with Crippen molar-refractivity contribution in [3.05, 3.63) is 29.8 Å². The predicted octanol–water partition coefficient (Wildman–Crippen LogP) is 1.41. The molecule has 4 nitrogen and oxygen atoms in total. The van der Waals surface area contributed by atoms with Crippen LogP contribution < -0.4 is 11.1 Å². The summed E-state index contributed by atoms with van der Waals surface area (Å²) in [5, 5.41) is 3.33. The number of benzene rings is 1. The smallest absolute Gasteiger partial charge is 0.227 e. The van der Waals surface area contributed by atoms with Crippen LogP contribution in [0.1, 0.15) is 25.3 Å². The van der Waals surface area contributed by atoms with E-state index in [1.165, 1.54) is 0 Å². The van der Waals surface area contributed by atoms with Crippen LogP contribution >= 0.6 is 0 Å². The first kappa shape index (κ1) is 13.9. The highest BCUT2D eigenvalue weighted by molar-refractivity contribution is 5.79. The zero-order valence-electron chi connectivity index (χ0n) is 11.6. The second kappa shape index (κ2) is 6.57. The Morgan fingerprint density at radius 3 is 2.74 bits per heavy atom. The minimum absolute atomic E-state index is 0.223. The fourth-order valence-corrected chi connectivity index (χ4v) is 2.57. The van der Waals surface area contributed by atoms with Gasteiger partial charge in [-0.25, -0.2) is 0 Å². The number of carbonyl (C=O) groups is 1. The van der Waals surface area contributed by atoms with E-state index >= 15 is 0 Å². The van der Waals surface area contributed by atoms with Crippen molar-refractivity contribution in [2.45, 2.75) is 32.2 Å². The van der Waals surface area contributed by atoms with Crippen LogP contribution in [-0.2, 0) is 11.2 Å². The largest absolute Gasteiger partial charge is 0.399 e. The lowest BCUT2D eigenvalue weighted by Gasteiger charge is -2.28. The van der Waals surface area contributed by atoms with Crippen LogP contribution in [0.2, 0.25) is 0 Å². The summed E-state index contributed by atoms with van der Waals surface area (Å²) in [6.07, 6.45) is 2.54. The van der Waals surface area contributed by atoms with Crippen LogP contribution in [0.25, 0.3) is 0 Å². The van der Waals surface area contributed by atoms with E-state index in [0.29, 0.717) is 12.5 Å². The Morgan fingerprint density at radius 1 is 1.42 bits per heavy atom. The van der Waals surface area contributed by atoms with Gasteiger partial charge in [-0.1, -0.05) is 19.1 Å². The summed E-state index contributed by atoms with van der Waals surface area (Å²) in [6, 6.07) is 7.93. The van der Waals surface area contributed by atoms with Gasteiger partial charge in [0.05, 0.1) is 6.42 Å². The van der Waals surface area contributed by atoms with Gasteiger partial charge in [0, 0.05) is 24.8 Å². The summed E-state index contributed by atoms with van der Waals surface area (Å²) in [4.78, 5) is 14.5. The molecule has 104 valence electrons. The van der Waals surface area contributed by atoms with E-state index in [4.69, 9.17) is 5.73 Å². The van der Waals surface area contributed by atoms with Gasteiger partial charge in [0.2, 0.25) is 5.91 Å². The standard InChI is InChI=1S/C15H23N3O/c1-2-9-18(14-7-8-17-11-14)15(19)10-12-3-5-13(16)6-4-12/h3-6,14,17H,2,7-11,16H2,1H3. The van der Waals surface area contributed by atoms with Gasteiger partial charge in [-0.15, -0.1) is 0 Å². The van der Waals surface area contributed by atoms with Crippen molar-refractivity contribution in [1.29, 1.82) is 0 Å². The molecule has 1 fully saturated rings. The molecule has 4 heteroatoms. The molecular weight excluding hydrogens is 238 g/mol. The maximum atomic E-state index is 12.4. The van der Waals surface area contributed by atoms with Gasteiger partial charge in [-0.05, 0) is 37.1 Å². The predicted molar refractivity (Wildman–Crippen MR) is 77.8 cm³/mol. The Bertz CT molecular complexity index is 410. The van der Waals surface area contributed by atoms with E-state index < -0.39 is 0 Å². The maximum Gasteiger partial charge on any atom is 0.227 e. The molecule has 1 heterocycles. The second-order valence-electron chi connectivity index (χ2n) is 5.15. The van der Waals surface area contributed by atoms with Gasteiger partial charge in [0.25, 0.3) is 0 Å². The van der Waals surface area contributed by atoms with E-state index in [1.54, 1.807) is 0 Å². The van der Waals surface area contributed by atoms with Crippen molar-refractivity contribution in [1.82, 2.24) is 10.2 Å². The van der Waals surface area contributed by atoms with Gasteiger partial charge in [0.1, 0.15) is 0 Å². The highest BCUT2D eigenvalue weighted by Crippen LogP contribution is 2.13. The van der Waals surface area contributed by atoms with Crippen LogP contribution in [0, 0.1) is 0 Å². The van der Waals surface area contributed by atoms with E-state index in [9.17, 15) is 4.79 Å². The third kappa shape index (κ3) is 3.70. The molecule has 0 radical (unpaired) electrons. The van der Waals surface area contributed by atoms with Crippen LogP contribution in [-0.4, -0.2) is 36.5 Å². The van der Waals surface area contributed by atoms with E-state index in [1.807, 2.05) is 29.2 Å². The van der Waals surface area contributed by atoms with E-state index in [-0.39, 0.29) is 5.91 Å². The maximum absolute atomic E-state index is 12.4. The fourth-order valence-electron chi connectivity index (χ4n) is 2.57. The average molecular weight is 261 g/mol. The average Bonchev–Trinajstić information content (AvgIpc) is 2.92. The molecule has 1 aliphatic heterocycles. The van der Waals surface area contributed by atoms with Crippen LogP contribution in [0.4, 0.5) is 5.69 Å². The molecule has 19 heavy (non-hydrogen) atoms. The number of carbonyl (C=O) groups excluding carboxylic acids is 1. The lowest BCUT2D eigenvalue weighted by atomic mass is 10.1. The summed E-state index contributed by atoms with van der Waals surface area (Å²) >= 11 is 0. The number of hydrogen-bond donors (Lipinski definition) is 2. The quantitative estimate of drug-likeness (QED) is 0.788. The van der Waals surface area contributed by atoms with Gasteiger partial charge in [0.15, 0.2) is 0 Å². The number of amides is 1. The van der Waals surface area contributed by atoms with Crippen molar-refractivity contribution in [2.75, 3.05) is 25.4 Å². The lowest BCUT2D eigenvalue weighted by Crippen LogP contribution is -2.42. The molecule has 2 rings (SSSR count). The topological polar surface area (TPSA) is 58.4 Å². The Morgan fingerprint density at radius 2 is 2.16 bits per heavy atom. The molecule has 1 aromatic rings. The molecule has 0 saturated carbocycles. The van der Waals surface area contributed by atoms with Crippen molar-refractivity contribution in [2.24, 2.45) is 0 Å². The molecule has 1 saturated heterocycles. The number of nitrogens with one attached hydrogen (secondary N) is 1. The zero-order chi connectivity index (χ0) is 13.7. The Labute approximate surface area is 115 Å². The monoisotopic (exact) mass is 261 g/mol. The Balaban J connectivity index is 2.00. The number of nitrogens with two attached hydrogens (primary N) is 1. The Kier molecular flexibility index (Phi) is 4.80. The SMILES string of the molecule is CCCN(C(=O)Cc1ccc(N)cc1)C1CCNC1. The van der Waals surface area contributed by atoms with Gasteiger partial charge < -0.3 is 16.0 Å². The lowest BCUT2D eigenvalue weighted by molar-refractivity contribution is -0.132. The van der Waals surface area contributed by atoms with Crippen LogP contribution in [0.5, 0.6) is 0 Å². The first-order valence-corrected chi connectivity index (χ1v) is 7.05. The molecule has 1 atom stereocenters. The number of nitrogens with zero attached hydrogens (tertiary/aromatic N) is 1. The zero-order valence-corrected chi connectivity index (χ0v) is 11.6. The van der Waals surface area contributed by atoms with Gasteiger partial charge in [-0.3, -0.25) is 4.79 Å². The van der Waals surface area contributed by atoms with E-state index in [0.717, 1.165) is 43.7 Å². The number of rotatable bonds is 5. The molecule has 1 unspecified atom stereocenters.